The molecule has 0 aliphatic heterocycles. The third kappa shape index (κ3) is 5.32. The fourth-order valence-corrected chi connectivity index (χ4v) is 3.05. The molecule has 4 heteroatoms. The number of hydrogen-bond acceptors (Lipinski definition) is 3. The molecule has 0 radical (unpaired) electrons. The summed E-state index contributed by atoms with van der Waals surface area (Å²) in [5.74, 6) is 0.202. The van der Waals surface area contributed by atoms with Crippen LogP contribution in [0.15, 0.2) is 0 Å². The number of rotatable bonds is 2. The molecule has 18 heavy (non-hydrogen) atoms. The SMILES string of the molecule is Cc1nc(CC(C)(C)C)sc1C(=O)C(C)(C)C.[Th]. The van der Waals surface area contributed by atoms with E-state index in [2.05, 4.69) is 25.8 Å². The van der Waals surface area contributed by atoms with Crippen LogP contribution in [0.4, 0.5) is 0 Å². The minimum atomic E-state index is -0.323. The Labute approximate surface area is 147 Å². The molecule has 1 heterocycles. The Bertz CT molecular complexity index is 424. The van der Waals surface area contributed by atoms with E-state index >= 15 is 0 Å². The largest absolute Gasteiger partial charge is 0.293 e. The number of aromatic nitrogens is 1. The average Bonchev–Trinajstić information content (AvgIpc) is 2.40. The van der Waals surface area contributed by atoms with Crippen molar-refractivity contribution in [2.45, 2.75) is 54.9 Å². The van der Waals surface area contributed by atoms with Crippen molar-refractivity contribution in [3.05, 3.63) is 15.6 Å². The number of nitrogens with zero attached hydrogens (tertiary/aromatic N) is 1. The second-order valence-electron chi connectivity index (χ2n) is 6.84. The van der Waals surface area contributed by atoms with E-state index in [1.54, 1.807) is 11.3 Å². The van der Waals surface area contributed by atoms with Crippen molar-refractivity contribution in [3.8, 4) is 0 Å². The van der Waals surface area contributed by atoms with Gasteiger partial charge in [0, 0.05) is 51.8 Å². The molecule has 0 aliphatic carbocycles. The molecule has 0 unspecified atom stereocenters. The van der Waals surface area contributed by atoms with E-state index in [-0.39, 0.29) is 56.6 Å². The first kappa shape index (κ1) is 18.6. The Morgan fingerprint density at radius 3 is 2.06 bits per heavy atom. The normalized spacial score (nSPS) is 12.2. The zero-order valence-electron chi connectivity index (χ0n) is 12.5. The molecular weight excluding hydrogens is 462 g/mol. The number of thiazole rings is 1. The van der Waals surface area contributed by atoms with Crippen LogP contribution in [-0.2, 0) is 6.42 Å². The van der Waals surface area contributed by atoms with Crippen LogP contribution in [0, 0.1) is 57.7 Å². The van der Waals surface area contributed by atoms with Crippen LogP contribution in [-0.4, -0.2) is 10.8 Å². The van der Waals surface area contributed by atoms with Crippen LogP contribution in [0.2, 0.25) is 0 Å². The number of ketones is 1. The first-order valence-electron chi connectivity index (χ1n) is 6.02. The third-order valence-corrected chi connectivity index (χ3v) is 3.57. The van der Waals surface area contributed by atoms with Gasteiger partial charge in [-0.15, -0.1) is 11.3 Å². The zero-order chi connectivity index (χ0) is 13.4. The summed E-state index contributed by atoms with van der Waals surface area (Å²) in [5, 5.41) is 1.07. The van der Waals surface area contributed by atoms with Crippen LogP contribution in [0.5, 0.6) is 0 Å². The van der Waals surface area contributed by atoms with Crippen molar-refractivity contribution in [2.24, 2.45) is 10.8 Å². The van der Waals surface area contributed by atoms with Gasteiger partial charge in [-0.2, -0.15) is 0 Å². The van der Waals surface area contributed by atoms with Gasteiger partial charge in [-0.1, -0.05) is 41.5 Å². The Morgan fingerprint density at radius 2 is 1.67 bits per heavy atom. The molecule has 0 aromatic carbocycles. The van der Waals surface area contributed by atoms with E-state index < -0.39 is 0 Å². The predicted octanol–water partition coefficient (Wildman–Crippen LogP) is 4.27. The molecule has 1 aromatic heterocycles. The van der Waals surface area contributed by atoms with E-state index in [1.165, 1.54) is 0 Å². The van der Waals surface area contributed by atoms with Crippen LogP contribution in [0.1, 0.15) is 61.9 Å². The van der Waals surface area contributed by atoms with Crippen molar-refractivity contribution >= 4 is 17.1 Å². The van der Waals surface area contributed by atoms with Crippen molar-refractivity contribution in [3.63, 3.8) is 0 Å². The molecule has 0 spiro atoms. The summed E-state index contributed by atoms with van der Waals surface area (Å²) in [6, 6.07) is 0. The van der Waals surface area contributed by atoms with E-state index in [0.717, 1.165) is 22.0 Å². The molecule has 0 saturated carbocycles. The molecule has 100 valence electrons. The summed E-state index contributed by atoms with van der Waals surface area (Å²) in [6.07, 6.45) is 0.927. The molecule has 1 aromatic rings. The molecule has 0 saturated heterocycles. The summed E-state index contributed by atoms with van der Waals surface area (Å²) in [6.45, 7) is 14.4. The van der Waals surface area contributed by atoms with Gasteiger partial charge in [0.25, 0.3) is 0 Å². The van der Waals surface area contributed by atoms with Gasteiger partial charge in [0.05, 0.1) is 15.6 Å². The number of Topliss-reactive ketones (excluding diaryl/α,β-unsaturated/α-hetero) is 1. The van der Waals surface area contributed by atoms with Crippen LogP contribution < -0.4 is 0 Å². The van der Waals surface area contributed by atoms with E-state index in [0.29, 0.717) is 0 Å². The summed E-state index contributed by atoms with van der Waals surface area (Å²) in [4.78, 5) is 17.6. The molecule has 0 aliphatic rings. The predicted molar refractivity (Wildman–Crippen MR) is 73.8 cm³/mol. The van der Waals surface area contributed by atoms with Crippen molar-refractivity contribution in [2.75, 3.05) is 0 Å². The molecule has 2 nitrogen and oxygen atoms in total. The Kier molecular flexibility index (Phi) is 6.60. The fourth-order valence-electron chi connectivity index (χ4n) is 1.53. The number of carbonyl (C=O) groups is 1. The van der Waals surface area contributed by atoms with Gasteiger partial charge in [-0.3, -0.25) is 4.79 Å². The van der Waals surface area contributed by atoms with Gasteiger partial charge in [-0.05, 0) is 12.3 Å². The maximum atomic E-state index is 12.2. The molecular formula is C14H23NOSTh. The molecule has 0 amide bonds. The van der Waals surface area contributed by atoms with E-state index in [9.17, 15) is 4.79 Å². The third-order valence-electron chi connectivity index (χ3n) is 2.41. The van der Waals surface area contributed by atoms with Crippen molar-refractivity contribution in [1.82, 2.24) is 4.98 Å². The summed E-state index contributed by atoms with van der Waals surface area (Å²) >= 11 is 1.56. The first-order valence-corrected chi connectivity index (χ1v) is 6.83. The fraction of sp³-hybridized carbons (Fsp3) is 0.714. The summed E-state index contributed by atoms with van der Waals surface area (Å²) < 4.78 is 0. The van der Waals surface area contributed by atoms with Crippen molar-refractivity contribution in [1.29, 1.82) is 0 Å². The Balaban J connectivity index is 0.00000289. The molecule has 0 fully saturated rings. The van der Waals surface area contributed by atoms with Gasteiger partial charge >= 0.3 is 0 Å². The summed E-state index contributed by atoms with van der Waals surface area (Å²) in [7, 11) is 0. The van der Waals surface area contributed by atoms with Gasteiger partial charge < -0.3 is 0 Å². The molecule has 1 rings (SSSR count). The first-order chi connectivity index (χ1) is 7.50. The van der Waals surface area contributed by atoms with Crippen LogP contribution >= 0.6 is 11.3 Å². The molecule has 0 bridgehead atoms. The molecule has 0 atom stereocenters. The number of carbonyl (C=O) groups excluding carboxylic acids is 1. The quantitative estimate of drug-likeness (QED) is 0.586. The van der Waals surface area contributed by atoms with Gasteiger partial charge in [-0.25, -0.2) is 4.98 Å². The number of aryl methyl sites for hydroxylation is 1. The van der Waals surface area contributed by atoms with Gasteiger partial charge in [0.2, 0.25) is 0 Å². The monoisotopic (exact) mass is 485 g/mol. The number of hydrogen-bond donors (Lipinski definition) is 0. The minimum Gasteiger partial charge on any atom is -0.293 e. The van der Waals surface area contributed by atoms with E-state index in [4.69, 9.17) is 0 Å². The Morgan fingerprint density at radius 1 is 1.17 bits per heavy atom. The maximum Gasteiger partial charge on any atom is 0.179 e. The average molecular weight is 485 g/mol. The second kappa shape index (κ2) is 6.38. The smallest absolute Gasteiger partial charge is 0.179 e. The summed E-state index contributed by atoms with van der Waals surface area (Å²) in [5.41, 5.74) is 0.775. The topological polar surface area (TPSA) is 30.0 Å². The molecule has 0 N–H and O–H groups in total. The van der Waals surface area contributed by atoms with Crippen LogP contribution in [0.3, 0.4) is 0 Å². The second-order valence-corrected chi connectivity index (χ2v) is 7.92. The minimum absolute atomic E-state index is 0. The van der Waals surface area contributed by atoms with Crippen LogP contribution in [0.25, 0.3) is 0 Å². The van der Waals surface area contributed by atoms with Gasteiger partial charge in [0.15, 0.2) is 5.78 Å². The van der Waals surface area contributed by atoms with Crippen molar-refractivity contribution < 1.29 is 44.7 Å². The van der Waals surface area contributed by atoms with Gasteiger partial charge in [0.1, 0.15) is 0 Å². The zero-order valence-corrected chi connectivity index (χ0v) is 17.4. The van der Waals surface area contributed by atoms with E-state index in [1.807, 2.05) is 27.7 Å². The standard InChI is InChI=1S/C14H23NOS.Th/c1-9-11(12(16)14(5,6)7)17-10(15-9)8-13(2,3)4;/h8H2,1-7H3;. The Hall–Kier alpha value is 0.625. The maximum absolute atomic E-state index is 12.2.